The van der Waals surface area contributed by atoms with E-state index in [0.717, 1.165) is 12.8 Å². The number of hydrogen-bond donors (Lipinski definition) is 0. The molecule has 0 bridgehead atoms. The second-order valence-electron chi connectivity index (χ2n) is 2.74. The zero-order valence-corrected chi connectivity index (χ0v) is 7.45. The first-order chi connectivity index (χ1) is 5.81. The Morgan fingerprint density at radius 3 is 2.58 bits per heavy atom. The summed E-state index contributed by atoms with van der Waals surface area (Å²) in [7, 11) is 3.26. The largest absolute Gasteiger partial charge is 0.378 e. The molecule has 3 atom stereocenters. The molecule has 0 aromatic heterocycles. The fourth-order valence-corrected chi connectivity index (χ4v) is 1.33. The molecule has 1 fully saturated rings. The summed E-state index contributed by atoms with van der Waals surface area (Å²) in [5.74, 6) is 2.54. The van der Waals surface area contributed by atoms with Crippen molar-refractivity contribution in [1.29, 1.82) is 0 Å². The molecule has 0 radical (unpaired) electrons. The third-order valence-corrected chi connectivity index (χ3v) is 2.05. The molecule has 3 unspecified atom stereocenters. The highest BCUT2D eigenvalue weighted by molar-refractivity contribution is 5.00. The van der Waals surface area contributed by atoms with Crippen LogP contribution < -0.4 is 0 Å². The van der Waals surface area contributed by atoms with Crippen LogP contribution in [0.15, 0.2) is 0 Å². The Morgan fingerprint density at radius 2 is 2.08 bits per heavy atom. The lowest BCUT2D eigenvalue weighted by molar-refractivity contribution is -0.199. The molecule has 68 valence electrons. The van der Waals surface area contributed by atoms with Gasteiger partial charge in [0.05, 0.1) is 6.10 Å². The lowest BCUT2D eigenvalue weighted by atomic mass is 10.1. The molecule has 0 saturated carbocycles. The lowest BCUT2D eigenvalue weighted by Gasteiger charge is -2.31. The van der Waals surface area contributed by atoms with Crippen molar-refractivity contribution in [2.75, 3.05) is 14.2 Å². The normalized spacial score (nSPS) is 35.9. The van der Waals surface area contributed by atoms with Gasteiger partial charge in [-0.3, -0.25) is 0 Å². The van der Waals surface area contributed by atoms with E-state index in [1.165, 1.54) is 0 Å². The third-order valence-electron chi connectivity index (χ3n) is 2.05. The van der Waals surface area contributed by atoms with Crippen LogP contribution in [-0.4, -0.2) is 32.7 Å². The molecule has 3 heteroatoms. The zero-order chi connectivity index (χ0) is 8.97. The SMILES string of the molecule is C#CC1OC(OC)CCC1OC. The maximum atomic E-state index is 5.40. The number of terminal acetylenes is 1. The molecular weight excluding hydrogens is 156 g/mol. The van der Waals surface area contributed by atoms with Crippen LogP contribution in [0, 0.1) is 12.3 Å². The molecule has 1 rings (SSSR count). The molecule has 1 saturated heterocycles. The van der Waals surface area contributed by atoms with Gasteiger partial charge in [0.1, 0.15) is 6.10 Å². The van der Waals surface area contributed by atoms with Crippen molar-refractivity contribution in [2.24, 2.45) is 0 Å². The van der Waals surface area contributed by atoms with Crippen molar-refractivity contribution < 1.29 is 14.2 Å². The van der Waals surface area contributed by atoms with Crippen LogP contribution in [0.2, 0.25) is 0 Å². The second kappa shape index (κ2) is 4.46. The topological polar surface area (TPSA) is 27.7 Å². The van der Waals surface area contributed by atoms with E-state index < -0.39 is 0 Å². The van der Waals surface area contributed by atoms with Crippen LogP contribution in [0.3, 0.4) is 0 Å². The summed E-state index contributed by atoms with van der Waals surface area (Å²) < 4.78 is 15.6. The minimum Gasteiger partial charge on any atom is -0.378 e. The molecule has 0 aromatic carbocycles. The van der Waals surface area contributed by atoms with E-state index in [-0.39, 0.29) is 18.5 Å². The van der Waals surface area contributed by atoms with E-state index in [4.69, 9.17) is 20.6 Å². The van der Waals surface area contributed by atoms with Gasteiger partial charge in [-0.05, 0) is 6.42 Å². The summed E-state index contributed by atoms with van der Waals surface area (Å²) in [6, 6.07) is 0. The Labute approximate surface area is 73.0 Å². The molecule has 0 aromatic rings. The Hall–Kier alpha value is -0.560. The number of methoxy groups -OCH3 is 2. The Morgan fingerprint density at radius 1 is 1.33 bits per heavy atom. The maximum Gasteiger partial charge on any atom is 0.159 e. The first-order valence-electron chi connectivity index (χ1n) is 3.99. The Bertz CT molecular complexity index is 173. The van der Waals surface area contributed by atoms with Crippen molar-refractivity contribution in [2.45, 2.75) is 31.3 Å². The van der Waals surface area contributed by atoms with Crippen molar-refractivity contribution in [3.8, 4) is 12.3 Å². The van der Waals surface area contributed by atoms with Gasteiger partial charge in [-0.25, -0.2) is 0 Å². The number of ether oxygens (including phenoxy) is 3. The van der Waals surface area contributed by atoms with Gasteiger partial charge in [0.2, 0.25) is 0 Å². The van der Waals surface area contributed by atoms with E-state index in [0.29, 0.717) is 0 Å². The van der Waals surface area contributed by atoms with Crippen molar-refractivity contribution in [3.63, 3.8) is 0 Å². The van der Waals surface area contributed by atoms with Gasteiger partial charge < -0.3 is 14.2 Å². The monoisotopic (exact) mass is 170 g/mol. The molecule has 1 aliphatic heterocycles. The second-order valence-corrected chi connectivity index (χ2v) is 2.74. The van der Waals surface area contributed by atoms with Crippen LogP contribution in [0.5, 0.6) is 0 Å². The summed E-state index contributed by atoms with van der Waals surface area (Å²) in [5.41, 5.74) is 0. The van der Waals surface area contributed by atoms with Crippen LogP contribution in [-0.2, 0) is 14.2 Å². The van der Waals surface area contributed by atoms with Gasteiger partial charge in [-0.15, -0.1) is 6.42 Å². The van der Waals surface area contributed by atoms with Gasteiger partial charge in [-0.2, -0.15) is 0 Å². The quantitative estimate of drug-likeness (QED) is 0.573. The van der Waals surface area contributed by atoms with Crippen molar-refractivity contribution in [3.05, 3.63) is 0 Å². The van der Waals surface area contributed by atoms with Gasteiger partial charge >= 0.3 is 0 Å². The van der Waals surface area contributed by atoms with Gasteiger partial charge in [-0.1, -0.05) is 5.92 Å². The average Bonchev–Trinajstić information content (AvgIpc) is 2.16. The molecule has 0 amide bonds. The highest BCUT2D eigenvalue weighted by Gasteiger charge is 2.29. The molecule has 0 N–H and O–H groups in total. The smallest absolute Gasteiger partial charge is 0.159 e. The van der Waals surface area contributed by atoms with Crippen molar-refractivity contribution in [1.82, 2.24) is 0 Å². The molecule has 12 heavy (non-hydrogen) atoms. The summed E-state index contributed by atoms with van der Waals surface area (Å²) in [6.07, 6.45) is 6.59. The molecular formula is C9H14O3. The molecule has 3 nitrogen and oxygen atoms in total. The highest BCUT2D eigenvalue weighted by Crippen LogP contribution is 2.21. The van der Waals surface area contributed by atoms with E-state index in [1.54, 1.807) is 14.2 Å². The first-order valence-corrected chi connectivity index (χ1v) is 3.99. The van der Waals surface area contributed by atoms with Crippen LogP contribution in [0.4, 0.5) is 0 Å². The van der Waals surface area contributed by atoms with Gasteiger partial charge in [0, 0.05) is 20.6 Å². The van der Waals surface area contributed by atoms with E-state index >= 15 is 0 Å². The summed E-state index contributed by atoms with van der Waals surface area (Å²) in [5, 5.41) is 0. The standard InChI is InChI=1S/C9H14O3/c1-4-7-8(10-2)5-6-9(11-3)12-7/h1,7-9H,5-6H2,2-3H3. The van der Waals surface area contributed by atoms with Crippen LogP contribution in [0.1, 0.15) is 12.8 Å². The first kappa shape index (κ1) is 9.53. The predicted octanol–water partition coefficient (Wildman–Crippen LogP) is 0.786. The third kappa shape index (κ3) is 1.98. The molecule has 0 spiro atoms. The van der Waals surface area contributed by atoms with E-state index in [2.05, 4.69) is 5.92 Å². The predicted molar refractivity (Wildman–Crippen MR) is 44.5 cm³/mol. The lowest BCUT2D eigenvalue weighted by Crippen LogP contribution is -2.39. The Kier molecular flexibility index (Phi) is 3.54. The van der Waals surface area contributed by atoms with Crippen LogP contribution >= 0.6 is 0 Å². The van der Waals surface area contributed by atoms with Crippen LogP contribution in [0.25, 0.3) is 0 Å². The summed E-state index contributed by atoms with van der Waals surface area (Å²) in [6.45, 7) is 0. The Balaban J connectivity index is 2.48. The van der Waals surface area contributed by atoms with Gasteiger partial charge in [0.15, 0.2) is 6.29 Å². The van der Waals surface area contributed by atoms with Crippen molar-refractivity contribution >= 4 is 0 Å². The fourth-order valence-electron chi connectivity index (χ4n) is 1.33. The summed E-state index contributed by atoms with van der Waals surface area (Å²) in [4.78, 5) is 0. The summed E-state index contributed by atoms with van der Waals surface area (Å²) >= 11 is 0. The fraction of sp³-hybridized carbons (Fsp3) is 0.778. The zero-order valence-electron chi connectivity index (χ0n) is 7.45. The number of hydrogen-bond acceptors (Lipinski definition) is 3. The minimum absolute atomic E-state index is 0.0152. The maximum absolute atomic E-state index is 5.40. The molecule has 0 aliphatic carbocycles. The minimum atomic E-state index is -0.270. The average molecular weight is 170 g/mol. The van der Waals surface area contributed by atoms with Gasteiger partial charge in [0.25, 0.3) is 0 Å². The van der Waals surface area contributed by atoms with E-state index in [1.807, 2.05) is 0 Å². The highest BCUT2D eigenvalue weighted by atomic mass is 16.7. The van der Waals surface area contributed by atoms with E-state index in [9.17, 15) is 0 Å². The number of rotatable bonds is 2. The molecule has 1 aliphatic rings. The molecule has 1 heterocycles.